The third-order valence-electron chi connectivity index (χ3n) is 3.97. The summed E-state index contributed by atoms with van der Waals surface area (Å²) in [6.45, 7) is 4.26. The second-order valence-corrected chi connectivity index (χ2v) is 5.28. The molecule has 0 bridgehead atoms. The van der Waals surface area contributed by atoms with Crippen molar-refractivity contribution in [3.8, 4) is 0 Å². The van der Waals surface area contributed by atoms with Crippen LogP contribution in [0.5, 0.6) is 0 Å². The molecule has 4 nitrogen and oxygen atoms in total. The summed E-state index contributed by atoms with van der Waals surface area (Å²) in [4.78, 5) is 13.0. The normalized spacial score (nSPS) is 16.4. The fourth-order valence-corrected chi connectivity index (χ4v) is 2.96. The summed E-state index contributed by atoms with van der Waals surface area (Å²) in [6, 6.07) is 2.20. The third kappa shape index (κ3) is 1.99. The monoisotopic (exact) mass is 256 g/mol. The number of rotatable bonds is 3. The van der Waals surface area contributed by atoms with Crippen LogP contribution >= 0.6 is 0 Å². The zero-order chi connectivity index (χ0) is 13.6. The van der Waals surface area contributed by atoms with Crippen molar-refractivity contribution in [1.29, 1.82) is 0 Å². The first kappa shape index (κ1) is 12.1. The third-order valence-corrected chi connectivity index (χ3v) is 3.97. The summed E-state index contributed by atoms with van der Waals surface area (Å²) in [5, 5.41) is 8.81. The Morgan fingerprint density at radius 1 is 1.47 bits per heavy atom. The van der Waals surface area contributed by atoms with Gasteiger partial charge in [-0.05, 0) is 38.0 Å². The molecule has 3 rings (SSSR count). The van der Waals surface area contributed by atoms with Crippen LogP contribution in [-0.2, 0) is 4.79 Å². The van der Waals surface area contributed by atoms with Crippen molar-refractivity contribution in [3.05, 3.63) is 40.5 Å². The summed E-state index contributed by atoms with van der Waals surface area (Å²) in [6.07, 6.45) is 6.12. The lowest BCUT2D eigenvalue weighted by molar-refractivity contribution is -0.137. The molecule has 1 N–H and O–H groups in total. The van der Waals surface area contributed by atoms with E-state index in [1.165, 1.54) is 22.6 Å². The van der Waals surface area contributed by atoms with Gasteiger partial charge in [-0.25, -0.2) is 0 Å². The summed E-state index contributed by atoms with van der Waals surface area (Å²) < 4.78 is 2.29. The summed E-state index contributed by atoms with van der Waals surface area (Å²) in [5.74, 6) is -0.732. The number of hydrogen-bond acceptors (Lipinski definition) is 2. The highest BCUT2D eigenvalue weighted by Crippen LogP contribution is 2.33. The molecule has 0 aliphatic carbocycles. The second kappa shape index (κ2) is 4.33. The number of aryl methyl sites for hydroxylation is 2. The average Bonchev–Trinajstić information content (AvgIpc) is 2.87. The predicted molar refractivity (Wildman–Crippen MR) is 75.8 cm³/mol. The molecule has 0 saturated heterocycles. The maximum atomic E-state index is 10.7. The molecule has 0 saturated carbocycles. The summed E-state index contributed by atoms with van der Waals surface area (Å²) in [7, 11) is 0.812. The number of aromatic nitrogens is 1. The minimum Gasteiger partial charge on any atom is -0.481 e. The smallest absolute Gasteiger partial charge is 0.365 e. The van der Waals surface area contributed by atoms with Crippen LogP contribution < -0.4 is 0 Å². The largest absolute Gasteiger partial charge is 0.481 e. The van der Waals surface area contributed by atoms with E-state index >= 15 is 0 Å². The zero-order valence-electron chi connectivity index (χ0n) is 11.3. The van der Waals surface area contributed by atoms with Gasteiger partial charge in [-0.15, -0.1) is 0 Å². The maximum Gasteiger partial charge on any atom is 0.365 e. The van der Waals surface area contributed by atoms with Crippen LogP contribution in [-0.4, -0.2) is 27.9 Å². The van der Waals surface area contributed by atoms with Gasteiger partial charge in [-0.2, -0.15) is 0 Å². The number of aliphatic carboxylic acids is 1. The number of carboxylic acid groups (broad SMARTS) is 1. The first-order valence-electron chi connectivity index (χ1n) is 6.62. The lowest BCUT2D eigenvalue weighted by Crippen LogP contribution is -2.33. The summed E-state index contributed by atoms with van der Waals surface area (Å²) >= 11 is 0. The predicted octanol–water partition coefficient (Wildman–Crippen LogP) is 2.03. The van der Waals surface area contributed by atoms with Gasteiger partial charge < -0.3 is 14.4 Å². The van der Waals surface area contributed by atoms with Gasteiger partial charge in [0.25, 0.3) is 0 Å². The molecule has 0 radical (unpaired) electrons. The number of nitrogens with zero attached hydrogens (tertiary/aromatic N) is 2. The lowest BCUT2D eigenvalue weighted by Gasteiger charge is -2.29. The van der Waals surface area contributed by atoms with Crippen LogP contribution in [0.25, 0.3) is 6.08 Å². The van der Waals surface area contributed by atoms with Gasteiger partial charge in [0.05, 0.1) is 6.42 Å². The fourth-order valence-electron chi connectivity index (χ4n) is 2.96. The molecular formula is C14H17BN2O2. The average molecular weight is 256 g/mol. The van der Waals surface area contributed by atoms with Crippen molar-refractivity contribution in [1.82, 2.24) is 9.29 Å². The molecular weight excluding hydrogens is 239 g/mol. The Balaban J connectivity index is 1.86. The molecule has 19 heavy (non-hydrogen) atoms. The van der Waals surface area contributed by atoms with E-state index in [0.29, 0.717) is 6.42 Å². The van der Waals surface area contributed by atoms with Gasteiger partial charge in [-0.1, -0.05) is 6.08 Å². The van der Waals surface area contributed by atoms with E-state index in [-0.39, 0.29) is 6.42 Å². The van der Waals surface area contributed by atoms with Crippen molar-refractivity contribution in [2.75, 3.05) is 0 Å². The molecule has 0 spiro atoms. The number of hydrogen-bond donors (Lipinski definition) is 1. The van der Waals surface area contributed by atoms with Crippen molar-refractivity contribution < 1.29 is 9.90 Å². The highest BCUT2D eigenvalue weighted by Gasteiger charge is 2.27. The van der Waals surface area contributed by atoms with E-state index in [4.69, 9.17) is 5.11 Å². The van der Waals surface area contributed by atoms with E-state index in [1.54, 1.807) is 0 Å². The molecule has 0 unspecified atom stereocenters. The minimum absolute atomic E-state index is 0.201. The number of allylic oxidation sites excluding steroid dienone is 2. The first-order valence-corrected chi connectivity index (χ1v) is 6.62. The van der Waals surface area contributed by atoms with Crippen LogP contribution in [0, 0.1) is 13.8 Å². The zero-order valence-corrected chi connectivity index (χ0v) is 11.3. The Kier molecular flexibility index (Phi) is 2.77. The molecule has 1 aromatic heterocycles. The lowest BCUT2D eigenvalue weighted by atomic mass is 9.98. The fraction of sp³-hybridized carbons (Fsp3) is 0.357. The van der Waals surface area contributed by atoms with Crippen LogP contribution in [0.3, 0.4) is 0 Å². The topological polar surface area (TPSA) is 45.5 Å². The van der Waals surface area contributed by atoms with E-state index in [1.807, 2.05) is 0 Å². The number of carbonyl (C=O) groups is 1. The molecule has 0 fully saturated rings. The number of carboxylic acids is 1. The maximum absolute atomic E-state index is 10.7. The molecule has 1 aromatic rings. The highest BCUT2D eigenvalue weighted by molar-refractivity contribution is 6.33. The van der Waals surface area contributed by atoms with Crippen LogP contribution in [0.2, 0.25) is 0 Å². The van der Waals surface area contributed by atoms with Gasteiger partial charge in [0, 0.05) is 29.2 Å². The van der Waals surface area contributed by atoms with E-state index in [9.17, 15) is 4.79 Å². The van der Waals surface area contributed by atoms with E-state index in [2.05, 4.69) is 41.4 Å². The Hall–Kier alpha value is -1.91. The molecule has 98 valence electrons. The SMILES string of the molecule is Cc1cc(C)n2c1C=C1CC=C(CCC(=O)O)N1B2. The Labute approximate surface area is 113 Å². The molecule has 0 atom stereocenters. The second-order valence-electron chi connectivity index (χ2n) is 5.28. The number of fused-ring (bicyclic) bond motifs is 2. The van der Waals surface area contributed by atoms with Gasteiger partial charge in [0.1, 0.15) is 0 Å². The van der Waals surface area contributed by atoms with Crippen molar-refractivity contribution in [2.45, 2.75) is 33.1 Å². The van der Waals surface area contributed by atoms with Crippen molar-refractivity contribution in [3.63, 3.8) is 0 Å². The Morgan fingerprint density at radius 3 is 3.00 bits per heavy atom. The van der Waals surface area contributed by atoms with E-state index in [0.717, 1.165) is 19.7 Å². The van der Waals surface area contributed by atoms with Gasteiger partial charge >= 0.3 is 13.5 Å². The van der Waals surface area contributed by atoms with Gasteiger partial charge in [-0.3, -0.25) is 4.79 Å². The Morgan fingerprint density at radius 2 is 2.26 bits per heavy atom. The molecule has 0 aromatic carbocycles. The van der Waals surface area contributed by atoms with Crippen LogP contribution in [0.4, 0.5) is 0 Å². The van der Waals surface area contributed by atoms with Crippen molar-refractivity contribution >= 4 is 19.6 Å². The Bertz CT molecular complexity index is 613. The molecule has 2 aliphatic heterocycles. The quantitative estimate of drug-likeness (QED) is 0.841. The molecule has 3 heterocycles. The molecule has 5 heteroatoms. The van der Waals surface area contributed by atoms with Crippen LogP contribution in [0.15, 0.2) is 23.5 Å². The molecule has 2 aliphatic rings. The highest BCUT2D eigenvalue weighted by atomic mass is 16.4. The molecule has 0 amide bonds. The minimum atomic E-state index is -0.732. The van der Waals surface area contributed by atoms with Gasteiger partial charge in [0.2, 0.25) is 0 Å². The summed E-state index contributed by atoms with van der Waals surface area (Å²) in [5.41, 5.74) is 6.28. The first-order chi connectivity index (χ1) is 9.06. The van der Waals surface area contributed by atoms with Crippen LogP contribution in [0.1, 0.15) is 36.2 Å². The van der Waals surface area contributed by atoms with Crippen molar-refractivity contribution in [2.24, 2.45) is 0 Å². The van der Waals surface area contributed by atoms with E-state index < -0.39 is 5.97 Å². The van der Waals surface area contributed by atoms with Gasteiger partial charge in [0.15, 0.2) is 0 Å². The standard InChI is InChI=1S/C14H17BN2O2/c1-9-7-10(2)16-13(9)8-12-4-3-11(17(12)15-16)5-6-14(18)19/h3,7-8,15H,4-6H2,1-2H3,(H,18,19).